The Morgan fingerprint density at radius 3 is 2.59 bits per heavy atom. The number of phenols is 1. The van der Waals surface area contributed by atoms with Gasteiger partial charge in [-0.15, -0.1) is 0 Å². The molecule has 0 radical (unpaired) electrons. The van der Waals surface area contributed by atoms with E-state index in [9.17, 15) is 34.2 Å². The van der Waals surface area contributed by atoms with Crippen LogP contribution in [0.1, 0.15) is 47.7 Å². The molecule has 12 nitrogen and oxygen atoms in total. The molecule has 2 saturated carbocycles. The predicted octanol–water partition coefficient (Wildman–Crippen LogP) is -0.939. The fourth-order valence-corrected chi connectivity index (χ4v) is 6.97. The Labute approximate surface area is 222 Å². The molecule has 0 saturated heterocycles. The van der Waals surface area contributed by atoms with Gasteiger partial charge >= 0.3 is 0 Å². The fraction of sp³-hybridized carbons (Fsp3) is 0.577. The normalized spacial score (nSPS) is 33.5. The minimum absolute atomic E-state index is 0.00528. The number of aromatic hydroxyl groups is 1. The Morgan fingerprint density at radius 2 is 1.95 bits per heavy atom. The monoisotopic (exact) mass is 546 g/mol. The molecular weight excluding hydrogens is 515 g/mol. The summed E-state index contributed by atoms with van der Waals surface area (Å²) in [5.41, 5.74) is 8.99. The summed E-state index contributed by atoms with van der Waals surface area (Å²) in [6.45, 7) is 1.48. The minimum Gasteiger partial charge on any atom is -0.505 e. The summed E-state index contributed by atoms with van der Waals surface area (Å²) in [6, 6.07) is -2.07. The number of ether oxygens (including phenoxy) is 1. The molecular formula is C26H31FN4O8. The van der Waals surface area contributed by atoms with Gasteiger partial charge in [-0.2, -0.15) is 0 Å². The van der Waals surface area contributed by atoms with E-state index in [1.807, 2.05) is 6.92 Å². The zero-order valence-electron chi connectivity index (χ0n) is 21.3. The molecule has 4 aliphatic rings. The second-order valence-corrected chi connectivity index (χ2v) is 10.8. The summed E-state index contributed by atoms with van der Waals surface area (Å²) >= 11 is 0. The van der Waals surface area contributed by atoms with E-state index in [1.165, 1.54) is 0 Å². The second-order valence-electron chi connectivity index (χ2n) is 10.8. The van der Waals surface area contributed by atoms with Gasteiger partial charge in [-0.05, 0) is 31.7 Å². The summed E-state index contributed by atoms with van der Waals surface area (Å²) < 4.78 is 21.4. The maximum absolute atomic E-state index is 16.0. The third-order valence-electron chi connectivity index (χ3n) is 8.82. The number of hydrogen-bond donors (Lipinski definition) is 6. The second kappa shape index (κ2) is 9.73. The number of aliphatic hydroxyl groups excluding tert-OH is 1. The van der Waals surface area contributed by atoms with E-state index in [0.717, 1.165) is 6.42 Å². The first-order valence-electron chi connectivity index (χ1n) is 13.0. The maximum Gasteiger partial charge on any atom is 0.241 e. The van der Waals surface area contributed by atoms with Crippen molar-refractivity contribution in [1.82, 2.24) is 5.32 Å². The van der Waals surface area contributed by atoms with Gasteiger partial charge < -0.3 is 37.1 Å². The zero-order valence-corrected chi connectivity index (χ0v) is 21.3. The van der Waals surface area contributed by atoms with Crippen molar-refractivity contribution in [3.8, 4) is 5.75 Å². The number of carbonyl (C=O) groups excluding carboxylic acids is 5. The van der Waals surface area contributed by atoms with Crippen LogP contribution in [0.5, 0.6) is 5.75 Å². The lowest BCUT2D eigenvalue weighted by Gasteiger charge is -2.53. The number of ketones is 3. The standard InChI is InChI=1S/C26H31FN4O8/c1-2-3-30-14-6-11-17(27)10-4-9-5-13-18(28)20(33)12(24(29)37)7-26(13,39-8-32)23(36)15(9)21(34)16(10)22(35)19(11)31-25(14)38/h9,12-15,18,30,32,35H,2-8,28H2,1H3,(H2,29,37)(H,31,38). The van der Waals surface area contributed by atoms with E-state index in [2.05, 4.69) is 10.6 Å². The molecule has 5 rings (SSSR count). The summed E-state index contributed by atoms with van der Waals surface area (Å²) in [5, 5.41) is 26.3. The summed E-state index contributed by atoms with van der Waals surface area (Å²) in [4.78, 5) is 65.3. The Hall–Kier alpha value is -3.26. The molecule has 7 unspecified atom stereocenters. The Kier molecular flexibility index (Phi) is 6.82. The number of fused-ring (bicyclic) bond motifs is 4. The van der Waals surface area contributed by atoms with Crippen LogP contribution in [-0.4, -0.2) is 70.4 Å². The van der Waals surface area contributed by atoms with Crippen LogP contribution in [0, 0.1) is 29.5 Å². The number of primary amides is 1. The SMILES string of the molecule is CCCNC1Cc2c(F)c3c(c(O)c2NC1=O)C(=O)C1C(=O)C2(OCO)CC(C(N)=O)C(=O)C(N)C2CC1C3. The smallest absolute Gasteiger partial charge is 0.241 e. The number of rotatable bonds is 6. The van der Waals surface area contributed by atoms with E-state index < -0.39 is 101 Å². The zero-order chi connectivity index (χ0) is 28.4. The maximum atomic E-state index is 16.0. The summed E-state index contributed by atoms with van der Waals surface area (Å²) in [7, 11) is 0. The highest BCUT2D eigenvalue weighted by Crippen LogP contribution is 2.53. The first-order chi connectivity index (χ1) is 18.5. The first kappa shape index (κ1) is 27.3. The largest absolute Gasteiger partial charge is 0.505 e. The third-order valence-corrected chi connectivity index (χ3v) is 8.82. The van der Waals surface area contributed by atoms with Gasteiger partial charge in [-0.25, -0.2) is 4.39 Å². The van der Waals surface area contributed by atoms with Crippen molar-refractivity contribution in [2.75, 3.05) is 18.7 Å². The topological polar surface area (TPSA) is 211 Å². The average molecular weight is 547 g/mol. The molecule has 1 aliphatic heterocycles. The molecule has 1 heterocycles. The van der Waals surface area contributed by atoms with E-state index >= 15 is 4.39 Å². The van der Waals surface area contributed by atoms with Crippen molar-refractivity contribution in [2.45, 2.75) is 56.7 Å². The van der Waals surface area contributed by atoms with Crippen LogP contribution < -0.4 is 22.1 Å². The van der Waals surface area contributed by atoms with Crippen molar-refractivity contribution >= 4 is 34.9 Å². The number of nitrogens with two attached hydrogens (primary N) is 2. The number of benzene rings is 1. The van der Waals surface area contributed by atoms with Gasteiger partial charge in [0.05, 0.1) is 29.3 Å². The van der Waals surface area contributed by atoms with Crippen LogP contribution in [0.2, 0.25) is 0 Å². The van der Waals surface area contributed by atoms with Gasteiger partial charge in [-0.1, -0.05) is 6.92 Å². The van der Waals surface area contributed by atoms with Crippen LogP contribution in [0.3, 0.4) is 0 Å². The predicted molar refractivity (Wildman–Crippen MR) is 132 cm³/mol. The molecule has 1 aromatic rings. The number of nitrogens with one attached hydrogen (secondary N) is 2. The lowest BCUT2D eigenvalue weighted by molar-refractivity contribution is -0.199. The van der Waals surface area contributed by atoms with Crippen LogP contribution in [0.15, 0.2) is 0 Å². The highest BCUT2D eigenvalue weighted by atomic mass is 19.1. The number of phenolic OH excluding ortho intramolecular Hbond substituents is 1. The highest BCUT2D eigenvalue weighted by Gasteiger charge is 2.65. The van der Waals surface area contributed by atoms with Crippen molar-refractivity contribution in [2.24, 2.45) is 35.1 Å². The number of Topliss-reactive ketones (excluding diaryl/α,β-unsaturated/α-hetero) is 3. The Morgan fingerprint density at radius 1 is 1.23 bits per heavy atom. The van der Waals surface area contributed by atoms with Crippen molar-refractivity contribution in [3.63, 3.8) is 0 Å². The van der Waals surface area contributed by atoms with Gasteiger partial charge in [0, 0.05) is 29.9 Å². The highest BCUT2D eigenvalue weighted by molar-refractivity contribution is 6.18. The summed E-state index contributed by atoms with van der Waals surface area (Å²) in [5.74, 6) is -9.88. The fourth-order valence-electron chi connectivity index (χ4n) is 6.97. The van der Waals surface area contributed by atoms with Gasteiger partial charge in [0.15, 0.2) is 23.1 Å². The molecule has 0 aromatic heterocycles. The number of hydrogen-bond acceptors (Lipinski definition) is 10. The Balaban J connectivity index is 1.59. The number of carbonyl (C=O) groups is 5. The van der Waals surface area contributed by atoms with Crippen LogP contribution >= 0.6 is 0 Å². The molecule has 210 valence electrons. The number of aliphatic hydroxyl groups is 1. The molecule has 0 bridgehead atoms. The molecule has 2 fully saturated rings. The molecule has 8 N–H and O–H groups in total. The lowest BCUT2D eigenvalue weighted by Crippen LogP contribution is -2.70. The molecule has 13 heteroatoms. The lowest BCUT2D eigenvalue weighted by atomic mass is 9.53. The third kappa shape index (κ3) is 3.90. The number of anilines is 1. The Bertz CT molecular complexity index is 1300. The quantitative estimate of drug-likeness (QED) is 0.146. The molecule has 1 aromatic carbocycles. The average Bonchev–Trinajstić information content (AvgIpc) is 2.89. The molecule has 39 heavy (non-hydrogen) atoms. The van der Waals surface area contributed by atoms with Crippen molar-refractivity contribution in [1.29, 1.82) is 0 Å². The van der Waals surface area contributed by atoms with E-state index in [0.29, 0.717) is 6.54 Å². The number of halogens is 1. The molecule has 7 atom stereocenters. The molecule has 2 amide bonds. The van der Waals surface area contributed by atoms with Gasteiger partial charge in [0.1, 0.15) is 24.1 Å². The van der Waals surface area contributed by atoms with Gasteiger partial charge in [0.25, 0.3) is 0 Å². The number of amides is 2. The summed E-state index contributed by atoms with van der Waals surface area (Å²) in [6.07, 6.45) is 0.0906. The van der Waals surface area contributed by atoms with E-state index in [1.54, 1.807) is 0 Å². The molecule has 0 spiro atoms. The minimum atomic E-state index is -1.95. The van der Waals surface area contributed by atoms with Gasteiger partial charge in [0.2, 0.25) is 11.8 Å². The molecule has 3 aliphatic carbocycles. The van der Waals surface area contributed by atoms with Crippen LogP contribution in [0.25, 0.3) is 0 Å². The van der Waals surface area contributed by atoms with Crippen molar-refractivity contribution in [3.05, 3.63) is 22.5 Å². The van der Waals surface area contributed by atoms with Crippen LogP contribution in [0.4, 0.5) is 10.1 Å². The van der Waals surface area contributed by atoms with Crippen LogP contribution in [-0.2, 0) is 36.8 Å². The first-order valence-corrected chi connectivity index (χ1v) is 13.0. The van der Waals surface area contributed by atoms with Gasteiger partial charge in [-0.3, -0.25) is 24.0 Å². The van der Waals surface area contributed by atoms with E-state index in [-0.39, 0.29) is 36.1 Å². The van der Waals surface area contributed by atoms with Crippen molar-refractivity contribution < 1.29 is 43.3 Å². The van der Waals surface area contributed by atoms with E-state index in [4.69, 9.17) is 16.2 Å².